The fraction of sp³-hybridized carbons (Fsp3) is 0.583. The largest absolute Gasteiger partial charge is 0.335 e. The van der Waals surface area contributed by atoms with Crippen LogP contribution in [-0.4, -0.2) is 48.4 Å². The smallest absolute Gasteiger partial charge is 0.265 e. The Morgan fingerprint density at radius 1 is 1.59 bits per heavy atom. The molecule has 1 fully saturated rings. The van der Waals surface area contributed by atoms with Gasteiger partial charge in [0.25, 0.3) is 5.91 Å². The number of likely N-dealkylation sites (N-methyl/N-ethyl adjacent to an activating group) is 1. The minimum Gasteiger partial charge on any atom is -0.335 e. The summed E-state index contributed by atoms with van der Waals surface area (Å²) in [6.45, 7) is 4.82. The summed E-state index contributed by atoms with van der Waals surface area (Å²) in [7, 11) is 2.14. The van der Waals surface area contributed by atoms with Gasteiger partial charge in [0.2, 0.25) is 0 Å². The Bertz CT molecular complexity index is 407. The van der Waals surface area contributed by atoms with E-state index in [0.29, 0.717) is 6.04 Å². The summed E-state index contributed by atoms with van der Waals surface area (Å²) in [6, 6.07) is 2.43. The molecular formula is C12H17BrN2OS. The highest BCUT2D eigenvalue weighted by molar-refractivity contribution is 9.10. The van der Waals surface area contributed by atoms with Gasteiger partial charge in [-0.15, -0.1) is 11.3 Å². The summed E-state index contributed by atoms with van der Waals surface area (Å²) >= 11 is 4.94. The second-order valence-corrected chi connectivity index (χ2v) is 6.16. The molecule has 1 unspecified atom stereocenters. The van der Waals surface area contributed by atoms with E-state index in [4.69, 9.17) is 0 Å². The molecule has 1 aromatic rings. The van der Waals surface area contributed by atoms with Gasteiger partial charge in [-0.3, -0.25) is 9.69 Å². The van der Waals surface area contributed by atoms with Gasteiger partial charge in [0.05, 0.1) is 0 Å². The molecule has 1 amide bonds. The molecule has 1 saturated heterocycles. The number of rotatable bonds is 2. The molecule has 0 bridgehead atoms. The van der Waals surface area contributed by atoms with Gasteiger partial charge < -0.3 is 4.90 Å². The molecule has 0 saturated carbocycles. The summed E-state index contributed by atoms with van der Waals surface area (Å²) in [5.74, 6) is 0.165. The lowest BCUT2D eigenvalue weighted by Gasteiger charge is -2.39. The number of carbonyl (C=O) groups is 1. The van der Waals surface area contributed by atoms with E-state index in [1.165, 1.54) is 11.3 Å². The highest BCUT2D eigenvalue weighted by Crippen LogP contribution is 2.25. The van der Waals surface area contributed by atoms with Crippen molar-refractivity contribution in [2.75, 3.05) is 26.7 Å². The van der Waals surface area contributed by atoms with Gasteiger partial charge in [-0.2, -0.15) is 0 Å². The van der Waals surface area contributed by atoms with E-state index < -0.39 is 0 Å². The van der Waals surface area contributed by atoms with E-state index in [2.05, 4.69) is 34.8 Å². The minimum atomic E-state index is 0.165. The molecule has 1 aliphatic heterocycles. The zero-order valence-electron chi connectivity index (χ0n) is 10.1. The monoisotopic (exact) mass is 316 g/mol. The molecule has 1 atom stereocenters. The molecule has 2 heterocycles. The normalized spacial score (nSPS) is 21.8. The van der Waals surface area contributed by atoms with Crippen molar-refractivity contribution >= 4 is 33.2 Å². The molecule has 1 aliphatic rings. The van der Waals surface area contributed by atoms with E-state index >= 15 is 0 Å². The Morgan fingerprint density at radius 3 is 2.94 bits per heavy atom. The van der Waals surface area contributed by atoms with Crippen LogP contribution in [-0.2, 0) is 0 Å². The molecule has 0 radical (unpaired) electrons. The molecule has 2 rings (SSSR count). The third kappa shape index (κ3) is 2.72. The van der Waals surface area contributed by atoms with Crippen LogP contribution in [0.2, 0.25) is 0 Å². The number of halogens is 1. The first-order valence-corrected chi connectivity index (χ1v) is 7.53. The maximum absolute atomic E-state index is 12.3. The predicted molar refractivity (Wildman–Crippen MR) is 74.6 cm³/mol. The molecular weight excluding hydrogens is 300 g/mol. The van der Waals surface area contributed by atoms with Crippen LogP contribution in [0, 0.1) is 0 Å². The standard InChI is InChI=1S/C12H17BrN2OS/c1-3-9-8-15(6-5-14(9)2)12(16)11-10(13)4-7-17-11/h4,7,9H,3,5-6,8H2,1-2H3. The average molecular weight is 317 g/mol. The van der Waals surface area contributed by atoms with E-state index in [1.807, 2.05) is 16.3 Å². The van der Waals surface area contributed by atoms with Crippen LogP contribution >= 0.6 is 27.3 Å². The maximum atomic E-state index is 12.3. The zero-order chi connectivity index (χ0) is 12.4. The van der Waals surface area contributed by atoms with Crippen LogP contribution in [0.25, 0.3) is 0 Å². The van der Waals surface area contributed by atoms with Gasteiger partial charge in [0.15, 0.2) is 0 Å². The number of thiophene rings is 1. The van der Waals surface area contributed by atoms with Gasteiger partial charge in [-0.25, -0.2) is 0 Å². The van der Waals surface area contributed by atoms with E-state index in [0.717, 1.165) is 35.4 Å². The zero-order valence-corrected chi connectivity index (χ0v) is 12.6. The molecule has 3 nitrogen and oxygen atoms in total. The topological polar surface area (TPSA) is 23.6 Å². The van der Waals surface area contributed by atoms with E-state index in [9.17, 15) is 4.79 Å². The van der Waals surface area contributed by atoms with Gasteiger partial charge in [-0.1, -0.05) is 6.92 Å². The molecule has 1 aromatic heterocycles. The average Bonchev–Trinajstić information content (AvgIpc) is 2.75. The number of carbonyl (C=O) groups excluding carboxylic acids is 1. The van der Waals surface area contributed by atoms with Crippen LogP contribution in [0.3, 0.4) is 0 Å². The molecule has 5 heteroatoms. The van der Waals surface area contributed by atoms with Crippen LogP contribution in [0.5, 0.6) is 0 Å². The van der Waals surface area contributed by atoms with Crippen molar-refractivity contribution in [1.29, 1.82) is 0 Å². The van der Waals surface area contributed by atoms with E-state index in [-0.39, 0.29) is 5.91 Å². The first-order valence-electron chi connectivity index (χ1n) is 5.86. The first kappa shape index (κ1) is 13.1. The Labute approximate surface area is 115 Å². The van der Waals surface area contributed by atoms with Crippen molar-refractivity contribution in [1.82, 2.24) is 9.80 Å². The molecule has 94 valence electrons. The van der Waals surface area contributed by atoms with Crippen LogP contribution < -0.4 is 0 Å². The van der Waals surface area contributed by atoms with Crippen molar-refractivity contribution in [3.8, 4) is 0 Å². The summed E-state index contributed by atoms with van der Waals surface area (Å²) in [4.78, 5) is 17.5. The minimum absolute atomic E-state index is 0.165. The van der Waals surface area contributed by atoms with Gasteiger partial charge in [0.1, 0.15) is 4.88 Å². The fourth-order valence-corrected chi connectivity index (χ4v) is 3.67. The van der Waals surface area contributed by atoms with Crippen LogP contribution in [0.4, 0.5) is 0 Å². The van der Waals surface area contributed by atoms with Gasteiger partial charge >= 0.3 is 0 Å². The number of piperazine rings is 1. The van der Waals surface area contributed by atoms with Gasteiger partial charge in [-0.05, 0) is 40.8 Å². The SMILES string of the molecule is CCC1CN(C(=O)c2sccc2Br)CCN1C. The summed E-state index contributed by atoms with van der Waals surface area (Å²) in [5, 5.41) is 1.95. The van der Waals surface area contributed by atoms with Crippen molar-refractivity contribution in [3.63, 3.8) is 0 Å². The summed E-state index contributed by atoms with van der Waals surface area (Å²) < 4.78 is 0.916. The summed E-state index contributed by atoms with van der Waals surface area (Å²) in [5.41, 5.74) is 0. The van der Waals surface area contributed by atoms with Crippen LogP contribution in [0.15, 0.2) is 15.9 Å². The lowest BCUT2D eigenvalue weighted by atomic mass is 10.1. The lowest BCUT2D eigenvalue weighted by molar-refractivity contribution is 0.0545. The molecule has 0 aliphatic carbocycles. The number of amides is 1. The molecule has 0 N–H and O–H groups in total. The molecule has 0 spiro atoms. The van der Waals surface area contributed by atoms with Crippen molar-refractivity contribution < 1.29 is 4.79 Å². The Morgan fingerprint density at radius 2 is 2.35 bits per heavy atom. The lowest BCUT2D eigenvalue weighted by Crippen LogP contribution is -2.52. The predicted octanol–water partition coefficient (Wildman–Crippen LogP) is 2.68. The number of nitrogens with zero attached hydrogens (tertiary/aromatic N) is 2. The number of hydrogen-bond donors (Lipinski definition) is 0. The third-order valence-corrected chi connectivity index (χ3v) is 5.17. The van der Waals surface area contributed by atoms with Crippen molar-refractivity contribution in [2.24, 2.45) is 0 Å². The number of hydrogen-bond acceptors (Lipinski definition) is 3. The van der Waals surface area contributed by atoms with Gasteiger partial charge in [0, 0.05) is 30.1 Å². The highest BCUT2D eigenvalue weighted by Gasteiger charge is 2.27. The Balaban J connectivity index is 2.09. The second-order valence-electron chi connectivity index (χ2n) is 4.39. The Hall–Kier alpha value is -0.390. The summed E-state index contributed by atoms with van der Waals surface area (Å²) in [6.07, 6.45) is 1.09. The first-order chi connectivity index (χ1) is 8.13. The van der Waals surface area contributed by atoms with E-state index in [1.54, 1.807) is 0 Å². The fourth-order valence-electron chi connectivity index (χ4n) is 2.16. The second kappa shape index (κ2) is 5.50. The maximum Gasteiger partial charge on any atom is 0.265 e. The quantitative estimate of drug-likeness (QED) is 0.837. The van der Waals surface area contributed by atoms with Crippen molar-refractivity contribution in [2.45, 2.75) is 19.4 Å². The van der Waals surface area contributed by atoms with Crippen LogP contribution in [0.1, 0.15) is 23.0 Å². The van der Waals surface area contributed by atoms with Crippen molar-refractivity contribution in [3.05, 3.63) is 20.8 Å². The molecule has 17 heavy (non-hydrogen) atoms. The third-order valence-electron chi connectivity index (χ3n) is 3.35. The Kier molecular flexibility index (Phi) is 4.22. The molecule has 0 aromatic carbocycles. The highest BCUT2D eigenvalue weighted by atomic mass is 79.9.